The monoisotopic (exact) mass is 270 g/mol. The molecule has 1 fully saturated rings. The van der Waals surface area contributed by atoms with Crippen molar-refractivity contribution in [3.63, 3.8) is 0 Å². The van der Waals surface area contributed by atoms with Crippen molar-refractivity contribution in [2.45, 2.75) is 32.4 Å². The van der Waals surface area contributed by atoms with Crippen LogP contribution in [-0.2, 0) is 6.54 Å². The highest BCUT2D eigenvalue weighted by atomic mass is 15.3. The minimum atomic E-state index is 0.593. The average molecular weight is 270 g/mol. The Morgan fingerprint density at radius 1 is 1.35 bits per heavy atom. The van der Waals surface area contributed by atoms with Crippen molar-refractivity contribution in [3.8, 4) is 0 Å². The summed E-state index contributed by atoms with van der Waals surface area (Å²) in [6.07, 6.45) is 6.22. The summed E-state index contributed by atoms with van der Waals surface area (Å²) in [4.78, 5) is 0. The number of hydrogen-bond acceptors (Lipinski definition) is 3. The molecule has 0 aliphatic carbocycles. The number of aromatic nitrogens is 2. The Labute approximate surface area is 120 Å². The maximum absolute atomic E-state index is 4.27. The molecule has 106 valence electrons. The summed E-state index contributed by atoms with van der Waals surface area (Å²) in [6, 6.07) is 9.20. The Kier molecular flexibility index (Phi) is 4.02. The van der Waals surface area contributed by atoms with Crippen LogP contribution >= 0.6 is 0 Å². The zero-order chi connectivity index (χ0) is 13.8. The highest BCUT2D eigenvalue weighted by Crippen LogP contribution is 2.20. The first-order valence-corrected chi connectivity index (χ1v) is 7.35. The lowest BCUT2D eigenvalue weighted by atomic mass is 10.0. The Morgan fingerprint density at radius 2 is 2.20 bits per heavy atom. The van der Waals surface area contributed by atoms with Crippen LogP contribution in [0.3, 0.4) is 0 Å². The van der Waals surface area contributed by atoms with Gasteiger partial charge in [-0.25, -0.2) is 0 Å². The fourth-order valence-corrected chi connectivity index (χ4v) is 2.69. The second kappa shape index (κ2) is 6.09. The number of anilines is 1. The molecule has 1 aromatic carbocycles. The summed E-state index contributed by atoms with van der Waals surface area (Å²) in [5.74, 6) is 0. The predicted molar refractivity (Wildman–Crippen MR) is 82.0 cm³/mol. The van der Waals surface area contributed by atoms with Crippen LogP contribution in [0.4, 0.5) is 5.69 Å². The lowest BCUT2D eigenvalue weighted by Gasteiger charge is -2.25. The van der Waals surface area contributed by atoms with Gasteiger partial charge >= 0.3 is 0 Å². The van der Waals surface area contributed by atoms with Crippen LogP contribution < -0.4 is 10.6 Å². The summed E-state index contributed by atoms with van der Waals surface area (Å²) < 4.78 is 1.96. The van der Waals surface area contributed by atoms with Crippen LogP contribution in [0.15, 0.2) is 36.7 Å². The highest BCUT2D eigenvalue weighted by Gasteiger charge is 2.13. The SMILES string of the molecule is Cc1ccc(Cn2cccn2)cc1NC1CCNCC1. The van der Waals surface area contributed by atoms with Gasteiger partial charge in [0, 0.05) is 24.1 Å². The quantitative estimate of drug-likeness (QED) is 0.896. The van der Waals surface area contributed by atoms with Crippen LogP contribution in [0.5, 0.6) is 0 Å². The number of nitrogens with one attached hydrogen (secondary N) is 2. The van der Waals surface area contributed by atoms with E-state index < -0.39 is 0 Å². The smallest absolute Gasteiger partial charge is 0.0660 e. The van der Waals surface area contributed by atoms with Gasteiger partial charge in [0.15, 0.2) is 0 Å². The van der Waals surface area contributed by atoms with Gasteiger partial charge in [0.1, 0.15) is 0 Å². The maximum atomic E-state index is 4.27. The zero-order valence-corrected chi connectivity index (χ0v) is 12.0. The number of nitrogens with zero attached hydrogens (tertiary/aromatic N) is 2. The molecule has 0 atom stereocenters. The second-order valence-corrected chi connectivity index (χ2v) is 5.52. The summed E-state index contributed by atoms with van der Waals surface area (Å²) in [6.45, 7) is 5.22. The molecular formula is C16H22N4. The molecule has 0 radical (unpaired) electrons. The maximum Gasteiger partial charge on any atom is 0.0660 e. The molecule has 0 saturated carbocycles. The molecule has 2 heterocycles. The van der Waals surface area contributed by atoms with Crippen molar-refractivity contribution in [1.29, 1.82) is 0 Å². The number of hydrogen-bond donors (Lipinski definition) is 2. The molecule has 0 amide bonds. The van der Waals surface area contributed by atoms with E-state index in [-0.39, 0.29) is 0 Å². The number of piperidine rings is 1. The summed E-state index contributed by atoms with van der Waals surface area (Å²) >= 11 is 0. The van der Waals surface area contributed by atoms with Crippen molar-refractivity contribution in [1.82, 2.24) is 15.1 Å². The Bertz CT molecular complexity index is 542. The van der Waals surface area contributed by atoms with Crippen molar-refractivity contribution in [2.24, 2.45) is 0 Å². The highest BCUT2D eigenvalue weighted by molar-refractivity contribution is 5.53. The first-order valence-electron chi connectivity index (χ1n) is 7.35. The molecule has 0 spiro atoms. The average Bonchev–Trinajstić information content (AvgIpc) is 2.97. The van der Waals surface area contributed by atoms with Crippen molar-refractivity contribution < 1.29 is 0 Å². The standard InChI is InChI=1S/C16H22N4/c1-13-3-4-14(12-20-10-2-7-18-20)11-16(13)19-15-5-8-17-9-6-15/h2-4,7,10-11,15,17,19H,5-6,8-9,12H2,1H3. The zero-order valence-electron chi connectivity index (χ0n) is 12.0. The van der Waals surface area contributed by atoms with Gasteiger partial charge in [0.2, 0.25) is 0 Å². The molecule has 1 aliphatic heterocycles. The first-order chi connectivity index (χ1) is 9.81. The number of rotatable bonds is 4. The lowest BCUT2D eigenvalue weighted by molar-refractivity contribution is 0.479. The van der Waals surface area contributed by atoms with E-state index in [0.29, 0.717) is 6.04 Å². The molecule has 1 aromatic heterocycles. The van der Waals surface area contributed by atoms with E-state index in [1.807, 2.05) is 23.1 Å². The van der Waals surface area contributed by atoms with Crippen LogP contribution in [0.25, 0.3) is 0 Å². The third-order valence-corrected chi connectivity index (χ3v) is 3.90. The molecule has 20 heavy (non-hydrogen) atoms. The molecule has 1 aliphatic rings. The van der Waals surface area contributed by atoms with E-state index in [0.717, 1.165) is 19.6 Å². The van der Waals surface area contributed by atoms with Crippen LogP contribution in [-0.4, -0.2) is 28.9 Å². The summed E-state index contributed by atoms with van der Waals surface area (Å²) in [7, 11) is 0. The number of benzene rings is 1. The van der Waals surface area contributed by atoms with E-state index in [1.54, 1.807) is 0 Å². The van der Waals surface area contributed by atoms with E-state index in [9.17, 15) is 0 Å². The van der Waals surface area contributed by atoms with E-state index in [1.165, 1.54) is 29.7 Å². The van der Waals surface area contributed by atoms with Gasteiger partial charge in [0.05, 0.1) is 6.54 Å². The van der Waals surface area contributed by atoms with Crippen LogP contribution in [0, 0.1) is 6.92 Å². The van der Waals surface area contributed by atoms with Gasteiger partial charge in [-0.05, 0) is 56.1 Å². The molecule has 3 rings (SSSR count). The molecule has 2 aromatic rings. The Balaban J connectivity index is 1.72. The van der Waals surface area contributed by atoms with Crippen molar-refractivity contribution in [3.05, 3.63) is 47.8 Å². The van der Waals surface area contributed by atoms with Gasteiger partial charge in [0.25, 0.3) is 0 Å². The van der Waals surface area contributed by atoms with E-state index in [2.05, 4.69) is 40.9 Å². The van der Waals surface area contributed by atoms with Gasteiger partial charge in [-0.3, -0.25) is 4.68 Å². The number of aryl methyl sites for hydroxylation is 1. The Hall–Kier alpha value is -1.81. The molecule has 4 heteroatoms. The second-order valence-electron chi connectivity index (χ2n) is 5.52. The fourth-order valence-electron chi connectivity index (χ4n) is 2.69. The largest absolute Gasteiger partial charge is 0.382 e. The molecule has 4 nitrogen and oxygen atoms in total. The third-order valence-electron chi connectivity index (χ3n) is 3.90. The van der Waals surface area contributed by atoms with E-state index >= 15 is 0 Å². The summed E-state index contributed by atoms with van der Waals surface area (Å²) in [5, 5.41) is 11.4. The normalized spacial score (nSPS) is 16.2. The minimum absolute atomic E-state index is 0.593. The molecule has 1 saturated heterocycles. The van der Waals surface area contributed by atoms with Crippen molar-refractivity contribution >= 4 is 5.69 Å². The van der Waals surface area contributed by atoms with Gasteiger partial charge in [-0.2, -0.15) is 5.10 Å². The molecule has 0 bridgehead atoms. The van der Waals surface area contributed by atoms with Gasteiger partial charge < -0.3 is 10.6 Å². The topological polar surface area (TPSA) is 41.9 Å². The van der Waals surface area contributed by atoms with E-state index in [4.69, 9.17) is 0 Å². The molecule has 2 N–H and O–H groups in total. The van der Waals surface area contributed by atoms with Crippen LogP contribution in [0.2, 0.25) is 0 Å². The van der Waals surface area contributed by atoms with Crippen molar-refractivity contribution in [2.75, 3.05) is 18.4 Å². The minimum Gasteiger partial charge on any atom is -0.382 e. The lowest BCUT2D eigenvalue weighted by Crippen LogP contribution is -2.35. The third kappa shape index (κ3) is 3.20. The summed E-state index contributed by atoms with van der Waals surface area (Å²) in [5.41, 5.74) is 3.87. The first kappa shape index (κ1) is 13.2. The van der Waals surface area contributed by atoms with Gasteiger partial charge in [-0.1, -0.05) is 12.1 Å². The van der Waals surface area contributed by atoms with Gasteiger partial charge in [-0.15, -0.1) is 0 Å². The molecular weight excluding hydrogens is 248 g/mol. The van der Waals surface area contributed by atoms with Crippen LogP contribution in [0.1, 0.15) is 24.0 Å². The fraction of sp³-hybridized carbons (Fsp3) is 0.438. The Morgan fingerprint density at radius 3 is 2.95 bits per heavy atom. The predicted octanol–water partition coefficient (Wildman–Crippen LogP) is 2.40. The molecule has 0 unspecified atom stereocenters.